The van der Waals surface area contributed by atoms with E-state index in [4.69, 9.17) is 14.8 Å². The van der Waals surface area contributed by atoms with Crippen LogP contribution in [0, 0.1) is 0 Å². The van der Waals surface area contributed by atoms with E-state index in [0.717, 1.165) is 16.8 Å². The van der Waals surface area contributed by atoms with Crippen LogP contribution in [-0.2, 0) is 6.61 Å². The molecule has 0 saturated heterocycles. The Morgan fingerprint density at radius 2 is 1.69 bits per heavy atom. The standard InChI is InChI=1S/C31H26N4O4/c1-34(2)25-17-16-24(28(18-25)39-20-21-12-14-23(15-13-21)31(37)38)19-32-35-29(22-8-4-3-5-9-22)33-27-11-7-6-10-26(27)30(35)36/h3-19H,20H2,1-2H3,(H,37,38). The van der Waals surface area contributed by atoms with E-state index >= 15 is 0 Å². The van der Waals surface area contributed by atoms with E-state index in [9.17, 15) is 9.59 Å². The van der Waals surface area contributed by atoms with E-state index in [1.165, 1.54) is 4.68 Å². The molecule has 0 unspecified atom stereocenters. The minimum absolute atomic E-state index is 0.213. The van der Waals surface area contributed by atoms with Crippen molar-refractivity contribution in [2.45, 2.75) is 6.61 Å². The van der Waals surface area contributed by atoms with E-state index in [0.29, 0.717) is 28.0 Å². The van der Waals surface area contributed by atoms with Crippen molar-refractivity contribution >= 4 is 28.8 Å². The summed E-state index contributed by atoms with van der Waals surface area (Å²) in [5, 5.41) is 14.2. The number of hydrogen-bond donors (Lipinski definition) is 1. The van der Waals surface area contributed by atoms with Crippen LogP contribution in [0.1, 0.15) is 21.5 Å². The summed E-state index contributed by atoms with van der Waals surface area (Å²) < 4.78 is 7.46. The van der Waals surface area contributed by atoms with Crippen molar-refractivity contribution in [1.82, 2.24) is 9.66 Å². The summed E-state index contributed by atoms with van der Waals surface area (Å²) in [5.74, 6) is 0.0183. The van der Waals surface area contributed by atoms with E-state index in [1.807, 2.05) is 79.7 Å². The zero-order chi connectivity index (χ0) is 27.4. The number of rotatable bonds is 8. The minimum Gasteiger partial charge on any atom is -0.488 e. The third-order valence-corrected chi connectivity index (χ3v) is 6.21. The maximum absolute atomic E-state index is 13.5. The van der Waals surface area contributed by atoms with Crippen LogP contribution in [0.15, 0.2) is 107 Å². The molecule has 8 nitrogen and oxygen atoms in total. The number of carboxylic acid groups (broad SMARTS) is 1. The van der Waals surface area contributed by atoms with Gasteiger partial charge in [-0.25, -0.2) is 9.78 Å². The number of anilines is 1. The number of carbonyl (C=O) groups is 1. The molecule has 0 aliphatic heterocycles. The van der Waals surface area contributed by atoms with Crippen molar-refractivity contribution in [3.8, 4) is 17.1 Å². The molecule has 0 radical (unpaired) electrons. The molecule has 4 aromatic carbocycles. The van der Waals surface area contributed by atoms with E-state index in [1.54, 1.807) is 42.6 Å². The highest BCUT2D eigenvalue weighted by Crippen LogP contribution is 2.25. The average Bonchev–Trinajstić information content (AvgIpc) is 2.96. The molecule has 1 N–H and O–H groups in total. The predicted octanol–water partition coefficient (Wildman–Crippen LogP) is 5.29. The third-order valence-electron chi connectivity index (χ3n) is 6.21. The molecular weight excluding hydrogens is 492 g/mol. The molecule has 0 aliphatic rings. The summed E-state index contributed by atoms with van der Waals surface area (Å²) in [4.78, 5) is 31.3. The second-order valence-corrected chi connectivity index (χ2v) is 9.09. The normalized spacial score (nSPS) is 11.1. The van der Waals surface area contributed by atoms with Crippen molar-refractivity contribution in [3.05, 3.63) is 124 Å². The molecule has 0 amide bonds. The Morgan fingerprint density at radius 3 is 2.41 bits per heavy atom. The van der Waals surface area contributed by atoms with Gasteiger partial charge in [-0.05, 0) is 42.0 Å². The Bertz CT molecular complexity index is 1730. The lowest BCUT2D eigenvalue weighted by Crippen LogP contribution is -2.20. The summed E-state index contributed by atoms with van der Waals surface area (Å²) in [6.45, 7) is 0.227. The van der Waals surface area contributed by atoms with Gasteiger partial charge in [0.2, 0.25) is 0 Å². The molecule has 0 saturated carbocycles. The topological polar surface area (TPSA) is 97.0 Å². The molecule has 8 heteroatoms. The molecule has 0 fully saturated rings. The SMILES string of the molecule is CN(C)c1ccc(C=Nn2c(-c3ccccc3)nc3ccccc3c2=O)c(OCc2ccc(C(=O)O)cc2)c1. The predicted molar refractivity (Wildman–Crippen MR) is 153 cm³/mol. The van der Waals surface area contributed by atoms with Crippen LogP contribution < -0.4 is 15.2 Å². The van der Waals surface area contributed by atoms with Crippen molar-refractivity contribution < 1.29 is 14.6 Å². The number of carboxylic acids is 1. The molecule has 5 rings (SSSR count). The summed E-state index contributed by atoms with van der Waals surface area (Å²) in [7, 11) is 3.87. The highest BCUT2D eigenvalue weighted by molar-refractivity contribution is 5.87. The molecule has 1 aromatic heterocycles. The number of para-hydroxylation sites is 1. The number of hydrogen-bond acceptors (Lipinski definition) is 6. The second-order valence-electron chi connectivity index (χ2n) is 9.09. The smallest absolute Gasteiger partial charge is 0.335 e. The van der Waals surface area contributed by atoms with Crippen molar-refractivity contribution in [3.63, 3.8) is 0 Å². The Balaban J connectivity index is 1.54. The Morgan fingerprint density at radius 1 is 0.974 bits per heavy atom. The van der Waals surface area contributed by atoms with Crippen molar-refractivity contribution in [2.75, 3.05) is 19.0 Å². The molecule has 194 valence electrons. The van der Waals surface area contributed by atoms with Gasteiger partial charge in [0.25, 0.3) is 5.56 Å². The first-order chi connectivity index (χ1) is 18.9. The first-order valence-electron chi connectivity index (χ1n) is 12.3. The molecule has 0 bridgehead atoms. The first-order valence-corrected chi connectivity index (χ1v) is 12.3. The fourth-order valence-corrected chi connectivity index (χ4v) is 4.06. The van der Waals surface area contributed by atoms with Gasteiger partial charge >= 0.3 is 5.97 Å². The minimum atomic E-state index is -0.979. The van der Waals surface area contributed by atoms with Crippen molar-refractivity contribution in [1.29, 1.82) is 0 Å². The van der Waals surface area contributed by atoms with Crippen LogP contribution in [0.4, 0.5) is 5.69 Å². The third kappa shape index (κ3) is 5.55. The number of ether oxygens (including phenoxy) is 1. The summed E-state index contributed by atoms with van der Waals surface area (Å²) in [5.41, 5.74) is 3.72. The average molecular weight is 519 g/mol. The largest absolute Gasteiger partial charge is 0.488 e. The van der Waals surface area contributed by atoms with Crippen LogP contribution in [0.25, 0.3) is 22.3 Å². The van der Waals surface area contributed by atoms with Gasteiger partial charge in [0.1, 0.15) is 12.4 Å². The van der Waals surface area contributed by atoms with E-state index in [-0.39, 0.29) is 17.7 Å². The van der Waals surface area contributed by atoms with Gasteiger partial charge in [-0.1, -0.05) is 54.6 Å². The number of nitrogens with zero attached hydrogens (tertiary/aromatic N) is 4. The van der Waals surface area contributed by atoms with Gasteiger partial charge in [0.15, 0.2) is 5.82 Å². The van der Waals surface area contributed by atoms with Gasteiger partial charge < -0.3 is 14.7 Å². The summed E-state index contributed by atoms with van der Waals surface area (Å²) in [6, 6.07) is 28.9. The lowest BCUT2D eigenvalue weighted by Gasteiger charge is -2.16. The molecule has 0 aliphatic carbocycles. The maximum atomic E-state index is 13.5. The Hall–Kier alpha value is -5.24. The van der Waals surface area contributed by atoms with Gasteiger partial charge in [-0.15, -0.1) is 0 Å². The lowest BCUT2D eigenvalue weighted by molar-refractivity contribution is 0.0697. The van der Waals surface area contributed by atoms with E-state index < -0.39 is 5.97 Å². The number of fused-ring (bicyclic) bond motifs is 1. The Kier molecular flexibility index (Phi) is 7.18. The molecule has 0 atom stereocenters. The fraction of sp³-hybridized carbons (Fsp3) is 0.0968. The quantitative estimate of drug-likeness (QED) is 0.281. The van der Waals surface area contributed by atoms with Crippen LogP contribution in [0.3, 0.4) is 0 Å². The molecule has 5 aromatic rings. The molecule has 1 heterocycles. The second kappa shape index (κ2) is 11.0. The zero-order valence-corrected chi connectivity index (χ0v) is 21.5. The zero-order valence-electron chi connectivity index (χ0n) is 21.5. The van der Waals surface area contributed by atoms with Crippen LogP contribution >= 0.6 is 0 Å². The number of aromatic nitrogens is 2. The van der Waals surface area contributed by atoms with Gasteiger partial charge in [0.05, 0.1) is 22.7 Å². The molecule has 0 spiro atoms. The Labute approximate surface area is 225 Å². The van der Waals surface area contributed by atoms with Crippen LogP contribution in [0.5, 0.6) is 5.75 Å². The van der Waals surface area contributed by atoms with Crippen LogP contribution in [0.2, 0.25) is 0 Å². The highest BCUT2D eigenvalue weighted by Gasteiger charge is 2.13. The molecule has 39 heavy (non-hydrogen) atoms. The fourth-order valence-electron chi connectivity index (χ4n) is 4.06. The van der Waals surface area contributed by atoms with Gasteiger partial charge in [-0.3, -0.25) is 4.79 Å². The van der Waals surface area contributed by atoms with Crippen LogP contribution in [-0.4, -0.2) is 41.0 Å². The van der Waals surface area contributed by atoms with E-state index in [2.05, 4.69) is 5.10 Å². The molecular formula is C31H26N4O4. The maximum Gasteiger partial charge on any atom is 0.335 e. The summed E-state index contributed by atoms with van der Waals surface area (Å²) in [6.07, 6.45) is 1.59. The lowest BCUT2D eigenvalue weighted by atomic mass is 10.1. The summed E-state index contributed by atoms with van der Waals surface area (Å²) >= 11 is 0. The van der Waals surface area contributed by atoms with Crippen molar-refractivity contribution in [2.24, 2.45) is 5.10 Å². The number of benzene rings is 4. The first kappa shape index (κ1) is 25.4. The van der Waals surface area contributed by atoms with Gasteiger partial charge in [-0.2, -0.15) is 9.78 Å². The number of aromatic carboxylic acids is 1. The highest BCUT2D eigenvalue weighted by atomic mass is 16.5. The monoisotopic (exact) mass is 518 g/mol. The van der Waals surface area contributed by atoms with Gasteiger partial charge in [0, 0.05) is 37.0 Å².